The molecule has 0 unspecified atom stereocenters. The van der Waals surface area contributed by atoms with Crippen molar-refractivity contribution < 1.29 is 18.7 Å². The molecule has 0 amide bonds. The molecule has 2 aromatic rings. The maximum absolute atomic E-state index is 13.4. The summed E-state index contributed by atoms with van der Waals surface area (Å²) in [6.07, 6.45) is -0.0429. The van der Waals surface area contributed by atoms with Crippen molar-refractivity contribution in [2.24, 2.45) is 0 Å². The Kier molecular flexibility index (Phi) is 4.11. The van der Waals surface area contributed by atoms with Crippen molar-refractivity contribution in [3.8, 4) is 0 Å². The minimum atomic E-state index is -0.901. The third-order valence-electron chi connectivity index (χ3n) is 2.44. The standard InChI is InChI=1S/C13H11F2NO2S/c14-10-2-1-3-11(15)13(10)16-7-9-5-4-8(19-9)6-12(17)18/h1-5,16H,6-7H2,(H,17,18). The van der Waals surface area contributed by atoms with Crippen LogP contribution >= 0.6 is 11.3 Å². The van der Waals surface area contributed by atoms with Crippen molar-refractivity contribution in [3.63, 3.8) is 0 Å². The second-order valence-corrected chi connectivity index (χ2v) is 5.14. The predicted octanol–water partition coefficient (Wildman–Crippen LogP) is 3.27. The van der Waals surface area contributed by atoms with Crippen molar-refractivity contribution >= 4 is 23.0 Å². The fourth-order valence-electron chi connectivity index (χ4n) is 1.60. The van der Waals surface area contributed by atoms with E-state index in [9.17, 15) is 13.6 Å². The molecule has 3 nitrogen and oxygen atoms in total. The van der Waals surface area contributed by atoms with E-state index in [1.54, 1.807) is 12.1 Å². The topological polar surface area (TPSA) is 49.3 Å². The summed E-state index contributed by atoms with van der Waals surface area (Å²) in [5, 5.41) is 11.3. The Hall–Kier alpha value is -1.95. The van der Waals surface area contributed by atoms with Crippen molar-refractivity contribution in [2.75, 3.05) is 5.32 Å². The van der Waals surface area contributed by atoms with E-state index in [-0.39, 0.29) is 18.7 Å². The molecule has 0 aliphatic carbocycles. The van der Waals surface area contributed by atoms with E-state index in [2.05, 4.69) is 5.32 Å². The van der Waals surface area contributed by atoms with Crippen LogP contribution in [0.5, 0.6) is 0 Å². The van der Waals surface area contributed by atoms with Gasteiger partial charge in [0.2, 0.25) is 0 Å². The third-order valence-corrected chi connectivity index (χ3v) is 3.53. The van der Waals surface area contributed by atoms with Crippen LogP contribution in [0.15, 0.2) is 30.3 Å². The molecule has 6 heteroatoms. The first-order valence-electron chi connectivity index (χ1n) is 5.53. The van der Waals surface area contributed by atoms with Gasteiger partial charge in [0, 0.05) is 16.3 Å². The van der Waals surface area contributed by atoms with Gasteiger partial charge < -0.3 is 10.4 Å². The lowest BCUT2D eigenvalue weighted by Gasteiger charge is -2.06. The maximum Gasteiger partial charge on any atom is 0.308 e. The van der Waals surface area contributed by atoms with Gasteiger partial charge in [0.25, 0.3) is 0 Å². The predicted molar refractivity (Wildman–Crippen MR) is 69.3 cm³/mol. The minimum absolute atomic E-state index is 0.0429. The van der Waals surface area contributed by atoms with Crippen LogP contribution in [0, 0.1) is 11.6 Å². The number of nitrogens with one attached hydrogen (secondary N) is 1. The Bertz CT molecular complexity index is 578. The molecule has 1 aromatic carbocycles. The molecule has 1 heterocycles. The van der Waals surface area contributed by atoms with Crippen molar-refractivity contribution in [3.05, 3.63) is 51.7 Å². The number of benzene rings is 1. The zero-order chi connectivity index (χ0) is 13.8. The lowest BCUT2D eigenvalue weighted by molar-refractivity contribution is -0.136. The van der Waals surface area contributed by atoms with Gasteiger partial charge >= 0.3 is 5.97 Å². The summed E-state index contributed by atoms with van der Waals surface area (Å²) in [7, 11) is 0. The molecule has 0 atom stereocenters. The van der Waals surface area contributed by atoms with E-state index in [4.69, 9.17) is 5.11 Å². The van der Waals surface area contributed by atoms with Crippen LogP contribution in [0.3, 0.4) is 0 Å². The van der Waals surface area contributed by atoms with Crippen LogP contribution in [-0.4, -0.2) is 11.1 Å². The highest BCUT2D eigenvalue weighted by Crippen LogP contribution is 2.22. The Morgan fingerprint density at radius 3 is 2.42 bits per heavy atom. The summed E-state index contributed by atoms with van der Waals surface area (Å²) in [5.41, 5.74) is -0.171. The Morgan fingerprint density at radius 1 is 1.16 bits per heavy atom. The maximum atomic E-state index is 13.4. The number of halogens is 2. The second kappa shape index (κ2) is 5.79. The highest BCUT2D eigenvalue weighted by atomic mass is 32.1. The quantitative estimate of drug-likeness (QED) is 0.885. The monoisotopic (exact) mass is 283 g/mol. The average Bonchev–Trinajstić information content (AvgIpc) is 2.75. The van der Waals surface area contributed by atoms with Crippen molar-refractivity contribution in [2.45, 2.75) is 13.0 Å². The summed E-state index contributed by atoms with van der Waals surface area (Å²) in [5.74, 6) is -2.20. The summed E-state index contributed by atoms with van der Waals surface area (Å²) in [6, 6.07) is 7.10. The number of aliphatic carboxylic acids is 1. The lowest BCUT2D eigenvalue weighted by Crippen LogP contribution is -2.02. The number of para-hydroxylation sites is 1. The molecular weight excluding hydrogens is 272 g/mol. The number of hydrogen-bond donors (Lipinski definition) is 2. The largest absolute Gasteiger partial charge is 0.481 e. The number of hydrogen-bond acceptors (Lipinski definition) is 3. The van der Waals surface area contributed by atoms with E-state index in [1.165, 1.54) is 29.5 Å². The molecule has 0 saturated heterocycles. The van der Waals surface area contributed by atoms with Crippen LogP contribution < -0.4 is 5.32 Å². The molecule has 0 spiro atoms. The van der Waals surface area contributed by atoms with Gasteiger partial charge in [0.05, 0.1) is 6.42 Å². The van der Waals surface area contributed by atoms with Crippen molar-refractivity contribution in [1.29, 1.82) is 0 Å². The molecule has 0 saturated carbocycles. The molecule has 0 bridgehead atoms. The van der Waals surface area contributed by atoms with E-state index < -0.39 is 17.6 Å². The van der Waals surface area contributed by atoms with E-state index in [0.29, 0.717) is 4.88 Å². The van der Waals surface area contributed by atoms with E-state index in [1.807, 2.05) is 0 Å². The van der Waals surface area contributed by atoms with Crippen LogP contribution in [-0.2, 0) is 17.8 Å². The normalized spacial score (nSPS) is 10.4. The molecular formula is C13H11F2NO2S. The SMILES string of the molecule is O=C(O)Cc1ccc(CNc2c(F)cccc2F)s1. The molecule has 0 radical (unpaired) electrons. The molecule has 2 rings (SSSR count). The summed E-state index contributed by atoms with van der Waals surface area (Å²) < 4.78 is 26.7. The van der Waals surface area contributed by atoms with Crippen LogP contribution in [0.4, 0.5) is 14.5 Å². The number of carboxylic acids is 1. The zero-order valence-corrected chi connectivity index (χ0v) is 10.6. The smallest absolute Gasteiger partial charge is 0.308 e. The molecule has 1 aromatic heterocycles. The molecule has 0 aliphatic heterocycles. The summed E-state index contributed by atoms with van der Waals surface area (Å²) >= 11 is 1.30. The van der Waals surface area contributed by atoms with Gasteiger partial charge in [-0.2, -0.15) is 0 Å². The van der Waals surface area contributed by atoms with Gasteiger partial charge in [0.15, 0.2) is 0 Å². The summed E-state index contributed by atoms with van der Waals surface area (Å²) in [4.78, 5) is 12.1. The van der Waals surface area contributed by atoms with Gasteiger partial charge in [-0.1, -0.05) is 6.07 Å². The number of rotatable bonds is 5. The Labute approximate surface area is 112 Å². The van der Waals surface area contributed by atoms with Crippen LogP contribution in [0.1, 0.15) is 9.75 Å². The van der Waals surface area contributed by atoms with Gasteiger partial charge in [-0.05, 0) is 24.3 Å². The Balaban J connectivity index is 2.02. The zero-order valence-electron chi connectivity index (χ0n) is 9.82. The molecule has 0 fully saturated rings. The lowest BCUT2D eigenvalue weighted by atomic mass is 10.3. The van der Waals surface area contributed by atoms with Crippen molar-refractivity contribution in [1.82, 2.24) is 0 Å². The van der Waals surface area contributed by atoms with Gasteiger partial charge in [-0.25, -0.2) is 8.78 Å². The first-order valence-corrected chi connectivity index (χ1v) is 6.35. The van der Waals surface area contributed by atoms with E-state index in [0.717, 1.165) is 4.88 Å². The molecule has 19 heavy (non-hydrogen) atoms. The highest BCUT2D eigenvalue weighted by Gasteiger charge is 2.09. The highest BCUT2D eigenvalue weighted by molar-refractivity contribution is 7.12. The van der Waals surface area contributed by atoms with Crippen LogP contribution in [0.25, 0.3) is 0 Å². The Morgan fingerprint density at radius 2 is 1.79 bits per heavy atom. The van der Waals surface area contributed by atoms with E-state index >= 15 is 0 Å². The number of anilines is 1. The minimum Gasteiger partial charge on any atom is -0.481 e. The number of carboxylic acid groups (broad SMARTS) is 1. The third kappa shape index (κ3) is 3.51. The van der Waals surface area contributed by atoms with Crippen LogP contribution in [0.2, 0.25) is 0 Å². The van der Waals surface area contributed by atoms with Gasteiger partial charge in [-0.3, -0.25) is 4.79 Å². The molecule has 2 N–H and O–H groups in total. The molecule has 0 aliphatic rings. The molecule has 100 valence electrons. The number of thiophene rings is 1. The second-order valence-electron chi connectivity index (χ2n) is 3.89. The van der Waals surface area contributed by atoms with Gasteiger partial charge in [-0.15, -0.1) is 11.3 Å². The summed E-state index contributed by atoms with van der Waals surface area (Å²) in [6.45, 7) is 0.252. The first-order chi connectivity index (χ1) is 9.06. The first kappa shape index (κ1) is 13.5. The fraction of sp³-hybridized carbons (Fsp3) is 0.154. The average molecular weight is 283 g/mol. The van der Waals surface area contributed by atoms with Gasteiger partial charge in [0.1, 0.15) is 17.3 Å². The number of carbonyl (C=O) groups is 1. The fourth-order valence-corrected chi connectivity index (χ4v) is 2.55.